The van der Waals surface area contributed by atoms with Crippen molar-refractivity contribution in [1.82, 2.24) is 15.5 Å². The minimum Gasteiger partial charge on any atom is -0.308 e. The minimum absolute atomic E-state index is 0.0949. The van der Waals surface area contributed by atoms with Gasteiger partial charge in [0.1, 0.15) is 10.0 Å². The molecular formula is C13H16N4O2S. The summed E-state index contributed by atoms with van der Waals surface area (Å²) in [6.07, 6.45) is 0. The predicted octanol–water partition coefficient (Wildman–Crippen LogP) is 2.92. The molecule has 1 aromatic heterocycles. The van der Waals surface area contributed by atoms with E-state index >= 15 is 0 Å². The van der Waals surface area contributed by atoms with Crippen LogP contribution in [0, 0.1) is 17.0 Å². The Kier molecular flexibility index (Phi) is 4.41. The normalized spacial score (nSPS) is 11.0. The van der Waals surface area contributed by atoms with Gasteiger partial charge in [0.05, 0.1) is 4.92 Å². The average molecular weight is 292 g/mol. The van der Waals surface area contributed by atoms with Gasteiger partial charge in [-0.05, 0) is 18.6 Å². The molecule has 0 aliphatic carbocycles. The van der Waals surface area contributed by atoms with E-state index in [1.54, 1.807) is 12.1 Å². The van der Waals surface area contributed by atoms with Gasteiger partial charge in [0.25, 0.3) is 5.69 Å². The van der Waals surface area contributed by atoms with Crippen LogP contribution in [0.4, 0.5) is 5.69 Å². The highest BCUT2D eigenvalue weighted by Gasteiger charge is 2.13. The molecule has 0 spiro atoms. The third kappa shape index (κ3) is 3.37. The maximum absolute atomic E-state index is 10.7. The van der Waals surface area contributed by atoms with Gasteiger partial charge in [-0.1, -0.05) is 25.2 Å². The van der Waals surface area contributed by atoms with E-state index in [0.717, 1.165) is 21.1 Å². The molecule has 106 valence electrons. The lowest BCUT2D eigenvalue weighted by molar-refractivity contribution is -0.384. The summed E-state index contributed by atoms with van der Waals surface area (Å²) in [4.78, 5) is 10.3. The summed E-state index contributed by atoms with van der Waals surface area (Å²) >= 11 is 1.50. The minimum atomic E-state index is -0.394. The summed E-state index contributed by atoms with van der Waals surface area (Å²) in [5, 5.41) is 24.0. The van der Waals surface area contributed by atoms with Crippen LogP contribution in [-0.2, 0) is 6.54 Å². The zero-order chi connectivity index (χ0) is 14.7. The molecule has 0 fully saturated rings. The van der Waals surface area contributed by atoms with Gasteiger partial charge in [-0.25, -0.2) is 0 Å². The van der Waals surface area contributed by atoms with Crippen molar-refractivity contribution in [2.75, 3.05) is 0 Å². The molecular weight excluding hydrogens is 276 g/mol. The van der Waals surface area contributed by atoms with Crippen molar-refractivity contribution >= 4 is 17.0 Å². The Morgan fingerprint density at radius 1 is 1.40 bits per heavy atom. The number of aromatic nitrogens is 2. The van der Waals surface area contributed by atoms with E-state index < -0.39 is 4.92 Å². The molecule has 0 aliphatic rings. The summed E-state index contributed by atoms with van der Waals surface area (Å²) in [5.74, 6) is 0. The highest BCUT2D eigenvalue weighted by atomic mass is 32.1. The predicted molar refractivity (Wildman–Crippen MR) is 78.7 cm³/mol. The first kappa shape index (κ1) is 14.5. The molecule has 7 heteroatoms. The van der Waals surface area contributed by atoms with Crippen molar-refractivity contribution in [3.63, 3.8) is 0 Å². The van der Waals surface area contributed by atoms with Crippen LogP contribution in [-0.4, -0.2) is 21.2 Å². The van der Waals surface area contributed by atoms with Gasteiger partial charge in [0.2, 0.25) is 0 Å². The maximum Gasteiger partial charge on any atom is 0.269 e. The second-order valence-electron chi connectivity index (χ2n) is 4.79. The molecule has 0 saturated carbocycles. The molecule has 0 bridgehead atoms. The second-order valence-corrected chi connectivity index (χ2v) is 5.85. The first-order chi connectivity index (χ1) is 9.47. The number of nitro groups is 1. The number of benzene rings is 1. The molecule has 1 aromatic carbocycles. The Morgan fingerprint density at radius 2 is 2.15 bits per heavy atom. The summed E-state index contributed by atoms with van der Waals surface area (Å²) in [5.41, 5.74) is 1.82. The van der Waals surface area contributed by atoms with E-state index in [9.17, 15) is 10.1 Å². The maximum atomic E-state index is 10.7. The van der Waals surface area contributed by atoms with E-state index in [1.165, 1.54) is 17.4 Å². The molecule has 1 heterocycles. The summed E-state index contributed by atoms with van der Waals surface area (Å²) in [6, 6.07) is 5.18. The Balaban J connectivity index is 2.21. The van der Waals surface area contributed by atoms with Crippen molar-refractivity contribution in [2.45, 2.75) is 33.4 Å². The molecule has 0 amide bonds. The first-order valence-corrected chi connectivity index (χ1v) is 7.10. The van der Waals surface area contributed by atoms with Crippen molar-refractivity contribution in [3.8, 4) is 10.6 Å². The van der Waals surface area contributed by atoms with Gasteiger partial charge in [-0.15, -0.1) is 10.2 Å². The standard InChI is InChI=1S/C13H16N4O2S/c1-8(2)14-7-12-15-16-13(20-12)11-5-4-10(17(18)19)6-9(11)3/h4-6,8,14H,7H2,1-3H3. The number of nitro benzene ring substituents is 1. The van der Waals surface area contributed by atoms with E-state index in [0.29, 0.717) is 12.6 Å². The van der Waals surface area contributed by atoms with E-state index in [4.69, 9.17) is 0 Å². The molecule has 0 aliphatic heterocycles. The zero-order valence-electron chi connectivity index (χ0n) is 11.6. The van der Waals surface area contributed by atoms with Gasteiger partial charge in [-0.2, -0.15) is 0 Å². The summed E-state index contributed by atoms with van der Waals surface area (Å²) in [6.45, 7) is 6.67. The topological polar surface area (TPSA) is 81.0 Å². The Labute approximate surface area is 121 Å². The molecule has 0 radical (unpaired) electrons. The SMILES string of the molecule is Cc1cc([N+](=O)[O-])ccc1-c1nnc(CNC(C)C)s1. The van der Waals surface area contributed by atoms with Crippen LogP contribution in [0.3, 0.4) is 0 Å². The van der Waals surface area contributed by atoms with Gasteiger partial charge in [-0.3, -0.25) is 10.1 Å². The van der Waals surface area contributed by atoms with Crippen LogP contribution in [0.1, 0.15) is 24.4 Å². The highest BCUT2D eigenvalue weighted by Crippen LogP contribution is 2.29. The quantitative estimate of drug-likeness (QED) is 0.677. The van der Waals surface area contributed by atoms with Crippen molar-refractivity contribution in [3.05, 3.63) is 38.9 Å². The largest absolute Gasteiger partial charge is 0.308 e. The second kappa shape index (κ2) is 6.06. The molecule has 6 nitrogen and oxygen atoms in total. The van der Waals surface area contributed by atoms with Crippen molar-refractivity contribution in [1.29, 1.82) is 0 Å². The summed E-state index contributed by atoms with van der Waals surface area (Å²) < 4.78 is 0. The molecule has 0 unspecified atom stereocenters. The Hall–Kier alpha value is -1.86. The molecule has 0 atom stereocenters. The van der Waals surface area contributed by atoms with Crippen LogP contribution in [0.25, 0.3) is 10.6 Å². The van der Waals surface area contributed by atoms with Gasteiger partial charge < -0.3 is 5.32 Å². The third-order valence-corrected chi connectivity index (χ3v) is 3.74. The molecule has 1 N–H and O–H groups in total. The first-order valence-electron chi connectivity index (χ1n) is 6.28. The lowest BCUT2D eigenvalue weighted by Crippen LogP contribution is -2.21. The summed E-state index contributed by atoms with van der Waals surface area (Å²) in [7, 11) is 0. The fourth-order valence-electron chi connectivity index (χ4n) is 1.73. The Morgan fingerprint density at radius 3 is 2.75 bits per heavy atom. The number of rotatable bonds is 5. The van der Waals surface area contributed by atoms with E-state index in [-0.39, 0.29) is 5.69 Å². The van der Waals surface area contributed by atoms with Crippen molar-refractivity contribution < 1.29 is 4.92 Å². The number of hydrogen-bond acceptors (Lipinski definition) is 6. The average Bonchev–Trinajstić information content (AvgIpc) is 2.84. The monoisotopic (exact) mass is 292 g/mol. The van der Waals surface area contributed by atoms with Crippen LogP contribution >= 0.6 is 11.3 Å². The lowest BCUT2D eigenvalue weighted by atomic mass is 10.1. The number of hydrogen-bond donors (Lipinski definition) is 1. The molecule has 20 heavy (non-hydrogen) atoms. The molecule has 2 aromatic rings. The van der Waals surface area contributed by atoms with Gasteiger partial charge >= 0.3 is 0 Å². The van der Waals surface area contributed by atoms with E-state index in [1.807, 2.05) is 6.92 Å². The number of nitrogens with zero attached hydrogens (tertiary/aromatic N) is 3. The molecule has 0 saturated heterocycles. The van der Waals surface area contributed by atoms with Crippen LogP contribution in [0.15, 0.2) is 18.2 Å². The smallest absolute Gasteiger partial charge is 0.269 e. The van der Waals surface area contributed by atoms with Crippen LogP contribution in [0.5, 0.6) is 0 Å². The molecule has 2 rings (SSSR count). The van der Waals surface area contributed by atoms with Crippen LogP contribution < -0.4 is 5.32 Å². The number of non-ortho nitro benzene ring substituents is 1. The lowest BCUT2D eigenvalue weighted by Gasteiger charge is -2.04. The van der Waals surface area contributed by atoms with Crippen LogP contribution in [0.2, 0.25) is 0 Å². The van der Waals surface area contributed by atoms with Crippen molar-refractivity contribution in [2.24, 2.45) is 0 Å². The number of nitrogens with one attached hydrogen (secondary N) is 1. The fourth-order valence-corrected chi connectivity index (χ4v) is 2.61. The highest BCUT2D eigenvalue weighted by molar-refractivity contribution is 7.14. The van der Waals surface area contributed by atoms with Gasteiger partial charge in [0.15, 0.2) is 0 Å². The van der Waals surface area contributed by atoms with Gasteiger partial charge in [0, 0.05) is 30.3 Å². The number of aryl methyl sites for hydroxylation is 1. The van der Waals surface area contributed by atoms with E-state index in [2.05, 4.69) is 29.4 Å². The zero-order valence-corrected chi connectivity index (χ0v) is 12.4. The Bertz CT molecular complexity index is 625. The third-order valence-electron chi connectivity index (χ3n) is 2.78. The fraction of sp³-hybridized carbons (Fsp3) is 0.385.